The van der Waals surface area contributed by atoms with Crippen LogP contribution in [0, 0.1) is 5.82 Å². The van der Waals surface area contributed by atoms with Crippen molar-refractivity contribution >= 4 is 15.9 Å². The largest absolute Gasteiger partial charge is 0.495 e. The highest BCUT2D eigenvalue weighted by Gasteiger charge is 2.17. The molecule has 0 aliphatic rings. The van der Waals surface area contributed by atoms with Crippen LogP contribution < -0.4 is 10.5 Å². The van der Waals surface area contributed by atoms with Crippen molar-refractivity contribution in [1.82, 2.24) is 0 Å². The maximum absolute atomic E-state index is 13.2. The number of ether oxygens (including phenoxy) is 1. The van der Waals surface area contributed by atoms with Crippen molar-refractivity contribution in [3.63, 3.8) is 0 Å². The van der Waals surface area contributed by atoms with Gasteiger partial charge in [-0.3, -0.25) is 0 Å². The zero-order valence-corrected chi connectivity index (χ0v) is 9.92. The zero-order chi connectivity index (χ0) is 11.4. The molecule has 0 radical (unpaired) electrons. The van der Waals surface area contributed by atoms with Gasteiger partial charge in [0.25, 0.3) is 0 Å². The minimum Gasteiger partial charge on any atom is -0.495 e. The standard InChI is InChI=1S/C10H13BrFNO2/c1-15-10-6(8(14)4-5-13)2-3-7(12)9(10)11/h2-3,8,14H,4-5,13H2,1H3. The van der Waals surface area contributed by atoms with Crippen molar-refractivity contribution < 1.29 is 14.2 Å². The molecule has 0 bridgehead atoms. The molecule has 84 valence electrons. The number of methoxy groups -OCH3 is 1. The van der Waals surface area contributed by atoms with E-state index in [4.69, 9.17) is 10.5 Å². The van der Waals surface area contributed by atoms with Crippen molar-refractivity contribution in [3.05, 3.63) is 28.0 Å². The van der Waals surface area contributed by atoms with Crippen LogP contribution in [0.4, 0.5) is 4.39 Å². The lowest BCUT2D eigenvalue weighted by Gasteiger charge is -2.15. The van der Waals surface area contributed by atoms with Gasteiger partial charge in [-0.25, -0.2) is 4.39 Å². The lowest BCUT2D eigenvalue weighted by Crippen LogP contribution is -2.08. The number of halogens is 2. The predicted molar refractivity (Wildman–Crippen MR) is 59.3 cm³/mol. The average molecular weight is 278 g/mol. The summed E-state index contributed by atoms with van der Waals surface area (Å²) < 4.78 is 18.4. The molecule has 1 unspecified atom stereocenters. The summed E-state index contributed by atoms with van der Waals surface area (Å²) in [5.41, 5.74) is 5.88. The van der Waals surface area contributed by atoms with Crippen molar-refractivity contribution in [2.24, 2.45) is 5.73 Å². The van der Waals surface area contributed by atoms with E-state index in [0.29, 0.717) is 24.3 Å². The van der Waals surface area contributed by atoms with Gasteiger partial charge >= 0.3 is 0 Å². The molecule has 3 nitrogen and oxygen atoms in total. The summed E-state index contributed by atoms with van der Waals surface area (Å²) in [6.07, 6.45) is -0.323. The minimum atomic E-state index is -0.734. The summed E-state index contributed by atoms with van der Waals surface area (Å²) in [6, 6.07) is 2.78. The Balaban J connectivity index is 3.12. The fraction of sp³-hybridized carbons (Fsp3) is 0.400. The van der Waals surface area contributed by atoms with E-state index in [-0.39, 0.29) is 4.47 Å². The highest BCUT2D eigenvalue weighted by atomic mass is 79.9. The smallest absolute Gasteiger partial charge is 0.141 e. The number of aliphatic hydroxyl groups is 1. The van der Waals surface area contributed by atoms with Crippen LogP contribution in [0.3, 0.4) is 0 Å². The maximum atomic E-state index is 13.2. The van der Waals surface area contributed by atoms with Gasteiger partial charge in [0.15, 0.2) is 0 Å². The highest BCUT2D eigenvalue weighted by molar-refractivity contribution is 9.10. The lowest BCUT2D eigenvalue weighted by molar-refractivity contribution is 0.166. The van der Waals surface area contributed by atoms with E-state index in [1.54, 1.807) is 0 Å². The third kappa shape index (κ3) is 2.68. The second kappa shape index (κ2) is 5.44. The van der Waals surface area contributed by atoms with Crippen LogP contribution in [0.15, 0.2) is 16.6 Å². The first-order chi connectivity index (χ1) is 7.11. The molecule has 1 rings (SSSR count). The Hall–Kier alpha value is -0.650. The normalized spacial score (nSPS) is 12.6. The van der Waals surface area contributed by atoms with Crippen LogP contribution in [0.2, 0.25) is 0 Å². The number of rotatable bonds is 4. The van der Waals surface area contributed by atoms with Gasteiger partial charge in [-0.15, -0.1) is 0 Å². The Bertz CT molecular complexity index is 346. The molecule has 0 aliphatic carbocycles. The number of benzene rings is 1. The van der Waals surface area contributed by atoms with Gasteiger partial charge in [0.05, 0.1) is 17.7 Å². The van der Waals surface area contributed by atoms with Crippen LogP contribution in [-0.2, 0) is 0 Å². The Labute approximate surface area is 96.2 Å². The van der Waals surface area contributed by atoms with E-state index in [9.17, 15) is 9.50 Å². The third-order valence-electron chi connectivity index (χ3n) is 2.08. The van der Waals surface area contributed by atoms with Gasteiger partial charge in [0.1, 0.15) is 11.6 Å². The topological polar surface area (TPSA) is 55.5 Å². The third-order valence-corrected chi connectivity index (χ3v) is 2.82. The average Bonchev–Trinajstić information content (AvgIpc) is 2.22. The van der Waals surface area contributed by atoms with Crippen LogP contribution in [0.5, 0.6) is 5.75 Å². The van der Waals surface area contributed by atoms with E-state index >= 15 is 0 Å². The van der Waals surface area contributed by atoms with E-state index in [0.717, 1.165) is 0 Å². The second-order valence-electron chi connectivity index (χ2n) is 3.08. The number of aliphatic hydroxyl groups excluding tert-OH is 1. The first kappa shape index (κ1) is 12.4. The monoisotopic (exact) mass is 277 g/mol. The molecule has 1 atom stereocenters. The molecular weight excluding hydrogens is 265 g/mol. The molecule has 0 amide bonds. The molecule has 5 heteroatoms. The Morgan fingerprint density at radius 2 is 2.27 bits per heavy atom. The summed E-state index contributed by atoms with van der Waals surface area (Å²) in [7, 11) is 1.43. The molecule has 0 saturated carbocycles. The number of nitrogens with two attached hydrogens (primary N) is 1. The number of hydrogen-bond donors (Lipinski definition) is 2. The van der Waals surface area contributed by atoms with Crippen molar-refractivity contribution in [1.29, 1.82) is 0 Å². The van der Waals surface area contributed by atoms with E-state index in [2.05, 4.69) is 15.9 Å². The predicted octanol–water partition coefficient (Wildman–Crippen LogP) is 1.98. The summed E-state index contributed by atoms with van der Waals surface area (Å²) in [6.45, 7) is 0.360. The van der Waals surface area contributed by atoms with E-state index in [1.807, 2.05) is 0 Å². The second-order valence-corrected chi connectivity index (χ2v) is 3.87. The molecule has 0 saturated heterocycles. The van der Waals surface area contributed by atoms with Gasteiger partial charge in [-0.1, -0.05) is 0 Å². The van der Waals surface area contributed by atoms with Crippen LogP contribution >= 0.6 is 15.9 Å². The highest BCUT2D eigenvalue weighted by Crippen LogP contribution is 2.35. The van der Waals surface area contributed by atoms with Crippen molar-refractivity contribution in [2.75, 3.05) is 13.7 Å². The summed E-state index contributed by atoms with van der Waals surface area (Å²) in [5, 5.41) is 9.74. The molecule has 15 heavy (non-hydrogen) atoms. The van der Waals surface area contributed by atoms with Crippen LogP contribution in [-0.4, -0.2) is 18.8 Å². The van der Waals surface area contributed by atoms with E-state index in [1.165, 1.54) is 19.2 Å². The molecule has 0 fully saturated rings. The maximum Gasteiger partial charge on any atom is 0.141 e. The van der Waals surface area contributed by atoms with Crippen LogP contribution in [0.1, 0.15) is 18.1 Å². The molecule has 3 N–H and O–H groups in total. The summed E-state index contributed by atoms with van der Waals surface area (Å²) in [5.74, 6) is -0.105. The minimum absolute atomic E-state index is 0.221. The summed E-state index contributed by atoms with van der Waals surface area (Å²) in [4.78, 5) is 0. The fourth-order valence-corrected chi connectivity index (χ4v) is 1.85. The molecule has 1 aromatic carbocycles. The zero-order valence-electron chi connectivity index (χ0n) is 8.34. The van der Waals surface area contributed by atoms with Gasteiger partial charge in [0.2, 0.25) is 0 Å². The molecular formula is C10H13BrFNO2. The van der Waals surface area contributed by atoms with Gasteiger partial charge < -0.3 is 15.6 Å². The van der Waals surface area contributed by atoms with Crippen molar-refractivity contribution in [3.8, 4) is 5.75 Å². The van der Waals surface area contributed by atoms with Crippen molar-refractivity contribution in [2.45, 2.75) is 12.5 Å². The Morgan fingerprint density at radius 3 is 2.80 bits per heavy atom. The fourth-order valence-electron chi connectivity index (χ4n) is 1.33. The van der Waals surface area contributed by atoms with Gasteiger partial charge in [-0.05, 0) is 41.0 Å². The molecule has 0 spiro atoms. The lowest BCUT2D eigenvalue weighted by atomic mass is 10.1. The molecule has 0 aromatic heterocycles. The Kier molecular flexibility index (Phi) is 4.50. The quantitative estimate of drug-likeness (QED) is 0.885. The SMILES string of the molecule is COc1c(C(O)CCN)ccc(F)c1Br. The van der Waals surface area contributed by atoms with Crippen LogP contribution in [0.25, 0.3) is 0 Å². The number of hydrogen-bond acceptors (Lipinski definition) is 3. The van der Waals surface area contributed by atoms with E-state index < -0.39 is 11.9 Å². The Morgan fingerprint density at radius 1 is 1.60 bits per heavy atom. The molecule has 0 aliphatic heterocycles. The molecule has 1 aromatic rings. The first-order valence-electron chi connectivity index (χ1n) is 4.51. The first-order valence-corrected chi connectivity index (χ1v) is 5.31. The summed E-state index contributed by atoms with van der Waals surface area (Å²) >= 11 is 3.07. The van der Waals surface area contributed by atoms with Gasteiger partial charge in [-0.2, -0.15) is 0 Å². The van der Waals surface area contributed by atoms with Gasteiger partial charge in [0, 0.05) is 5.56 Å². The molecule has 0 heterocycles.